The minimum atomic E-state index is -0.353. The van der Waals surface area contributed by atoms with Crippen molar-refractivity contribution in [3.8, 4) is 0 Å². The van der Waals surface area contributed by atoms with E-state index < -0.39 is 0 Å². The highest BCUT2D eigenvalue weighted by atomic mass is 16.5. The highest BCUT2D eigenvalue weighted by Crippen LogP contribution is 1.71. The van der Waals surface area contributed by atoms with Crippen LogP contribution in [0.5, 0.6) is 0 Å². The Morgan fingerprint density at radius 1 is 0.947 bits per heavy atom. The van der Waals surface area contributed by atoms with Gasteiger partial charge >= 0.3 is 5.97 Å². The van der Waals surface area contributed by atoms with Crippen molar-refractivity contribution in [1.29, 1.82) is 0 Å². The van der Waals surface area contributed by atoms with Gasteiger partial charge in [0.25, 0.3) is 0 Å². The Kier molecular flexibility index (Phi) is 88.3. The summed E-state index contributed by atoms with van der Waals surface area (Å²) in [5.74, 6) is -0.353. The molecule has 0 amide bonds. The van der Waals surface area contributed by atoms with Gasteiger partial charge in [0, 0.05) is 6.92 Å². The van der Waals surface area contributed by atoms with E-state index in [1.54, 1.807) is 24.3 Å². The van der Waals surface area contributed by atoms with E-state index in [1.165, 1.54) is 6.92 Å². The van der Waals surface area contributed by atoms with Gasteiger partial charge in [0.2, 0.25) is 0 Å². The molecule has 0 aromatic heterocycles. The zero-order valence-corrected chi connectivity index (χ0v) is 13.3. The predicted molar refractivity (Wildman–Crippen MR) is 87.2 cm³/mol. The van der Waals surface area contributed by atoms with Crippen LogP contribution in [0.3, 0.4) is 0 Å². The lowest BCUT2D eigenvalue weighted by atomic mass is 10.7. The van der Waals surface area contributed by atoms with Crippen molar-refractivity contribution in [2.75, 3.05) is 13.2 Å². The standard InChI is InChI=1S/C4H8O3.4C3H6/c1-4(6)7-3-2-5;4*1-3-2/h5H,2-3H2,1H3;4*3H,1H2,2H3. The number of esters is 1. The van der Waals surface area contributed by atoms with E-state index in [9.17, 15) is 4.79 Å². The quantitative estimate of drug-likeness (QED) is 0.602. The maximum Gasteiger partial charge on any atom is 0.302 e. The Labute approximate surface area is 120 Å². The van der Waals surface area contributed by atoms with Crippen LogP contribution in [0.1, 0.15) is 34.6 Å². The second-order valence-corrected chi connectivity index (χ2v) is 2.70. The number of carbonyl (C=O) groups excluding carboxylic acids is 1. The van der Waals surface area contributed by atoms with Crippen LogP contribution in [-0.4, -0.2) is 24.3 Å². The second kappa shape index (κ2) is 55.1. The minimum Gasteiger partial charge on any atom is -0.463 e. The zero-order valence-electron chi connectivity index (χ0n) is 13.3. The molecular formula is C16H32O3. The Morgan fingerprint density at radius 2 is 1.16 bits per heavy atom. The smallest absolute Gasteiger partial charge is 0.302 e. The van der Waals surface area contributed by atoms with Gasteiger partial charge in [0.15, 0.2) is 0 Å². The molecule has 0 unspecified atom stereocenters. The number of ether oxygens (including phenoxy) is 1. The van der Waals surface area contributed by atoms with E-state index in [-0.39, 0.29) is 19.2 Å². The fourth-order valence-electron chi connectivity index (χ4n) is 0.189. The van der Waals surface area contributed by atoms with Gasteiger partial charge in [-0.25, -0.2) is 0 Å². The van der Waals surface area contributed by atoms with Crippen LogP contribution in [0.25, 0.3) is 0 Å². The normalized spacial score (nSPS) is 5.79. The van der Waals surface area contributed by atoms with Crippen LogP contribution >= 0.6 is 0 Å². The molecule has 0 aliphatic carbocycles. The molecule has 0 saturated carbocycles. The molecular weight excluding hydrogens is 240 g/mol. The van der Waals surface area contributed by atoms with Crippen LogP contribution < -0.4 is 0 Å². The summed E-state index contributed by atoms with van der Waals surface area (Å²) in [5.41, 5.74) is 0. The first kappa shape index (κ1) is 30.4. The molecule has 1 N–H and O–H groups in total. The Hall–Kier alpha value is -1.61. The van der Waals surface area contributed by atoms with E-state index in [4.69, 9.17) is 5.11 Å². The maximum absolute atomic E-state index is 9.87. The number of aliphatic hydroxyl groups excluding tert-OH is 1. The number of allylic oxidation sites excluding steroid dienone is 4. The Morgan fingerprint density at radius 3 is 1.21 bits per heavy atom. The third-order valence-corrected chi connectivity index (χ3v) is 0.397. The SMILES string of the molecule is C=CC.C=CC.C=CC.C=CC.CC(=O)OCCO. The predicted octanol–water partition coefficient (Wildman–Crippen LogP) is 4.31. The number of hydrogen-bond donors (Lipinski definition) is 1. The summed E-state index contributed by atoms with van der Waals surface area (Å²) in [4.78, 5) is 9.87. The van der Waals surface area contributed by atoms with Crippen molar-refractivity contribution in [3.05, 3.63) is 50.6 Å². The van der Waals surface area contributed by atoms with E-state index in [2.05, 4.69) is 31.1 Å². The summed E-state index contributed by atoms with van der Waals surface area (Å²) in [5, 5.41) is 8.04. The van der Waals surface area contributed by atoms with Crippen molar-refractivity contribution in [2.45, 2.75) is 34.6 Å². The molecule has 19 heavy (non-hydrogen) atoms. The average Bonchev–Trinajstić information content (AvgIpc) is 2.30. The van der Waals surface area contributed by atoms with Crippen molar-refractivity contribution < 1.29 is 14.6 Å². The molecule has 0 aliphatic heterocycles. The molecule has 0 aliphatic rings. The molecule has 0 spiro atoms. The van der Waals surface area contributed by atoms with Gasteiger partial charge in [0.1, 0.15) is 6.61 Å². The van der Waals surface area contributed by atoms with Gasteiger partial charge in [-0.15, -0.1) is 26.3 Å². The lowest BCUT2D eigenvalue weighted by Crippen LogP contribution is -2.03. The molecule has 114 valence electrons. The third kappa shape index (κ3) is 594. The maximum atomic E-state index is 9.87. The zero-order chi connectivity index (χ0) is 16.5. The van der Waals surface area contributed by atoms with E-state index in [0.29, 0.717) is 0 Å². The minimum absolute atomic E-state index is 0.0976. The van der Waals surface area contributed by atoms with Crippen LogP contribution in [0.2, 0.25) is 0 Å². The molecule has 0 rings (SSSR count). The van der Waals surface area contributed by atoms with Crippen LogP contribution in [-0.2, 0) is 9.53 Å². The van der Waals surface area contributed by atoms with Crippen molar-refractivity contribution in [1.82, 2.24) is 0 Å². The molecule has 3 heteroatoms. The van der Waals surface area contributed by atoms with Crippen molar-refractivity contribution in [3.63, 3.8) is 0 Å². The van der Waals surface area contributed by atoms with Gasteiger partial charge < -0.3 is 9.84 Å². The molecule has 0 radical (unpaired) electrons. The van der Waals surface area contributed by atoms with Crippen molar-refractivity contribution >= 4 is 5.97 Å². The monoisotopic (exact) mass is 272 g/mol. The lowest BCUT2D eigenvalue weighted by molar-refractivity contribution is -0.141. The number of aliphatic hydroxyl groups is 1. The molecule has 0 saturated heterocycles. The highest BCUT2D eigenvalue weighted by Gasteiger charge is 1.86. The summed E-state index contributed by atoms with van der Waals surface area (Å²) in [6, 6.07) is 0. The Balaban J connectivity index is -0.0000000467. The molecule has 0 aromatic carbocycles. The third-order valence-electron chi connectivity index (χ3n) is 0.397. The van der Waals surface area contributed by atoms with Gasteiger partial charge in [-0.2, -0.15) is 0 Å². The van der Waals surface area contributed by atoms with E-state index >= 15 is 0 Å². The van der Waals surface area contributed by atoms with Gasteiger partial charge in [0.05, 0.1) is 6.61 Å². The number of hydrogen-bond acceptors (Lipinski definition) is 3. The molecule has 0 bridgehead atoms. The largest absolute Gasteiger partial charge is 0.463 e. The number of rotatable bonds is 2. The fourth-order valence-corrected chi connectivity index (χ4v) is 0.189. The van der Waals surface area contributed by atoms with Crippen LogP contribution in [0.15, 0.2) is 50.6 Å². The van der Waals surface area contributed by atoms with Gasteiger partial charge in [-0.1, -0.05) is 24.3 Å². The average molecular weight is 272 g/mol. The van der Waals surface area contributed by atoms with Gasteiger partial charge in [-0.3, -0.25) is 4.79 Å². The summed E-state index contributed by atoms with van der Waals surface area (Å²) in [7, 11) is 0. The summed E-state index contributed by atoms with van der Waals surface area (Å²) < 4.78 is 4.30. The molecule has 3 nitrogen and oxygen atoms in total. The number of carbonyl (C=O) groups is 1. The topological polar surface area (TPSA) is 46.5 Å². The molecule has 0 heterocycles. The lowest BCUT2D eigenvalue weighted by Gasteiger charge is -1.93. The summed E-state index contributed by atoms with van der Waals surface area (Å²) in [6.45, 7) is 22.3. The summed E-state index contributed by atoms with van der Waals surface area (Å²) in [6.07, 6.45) is 7.00. The first-order valence-corrected chi connectivity index (χ1v) is 5.96. The van der Waals surface area contributed by atoms with Crippen LogP contribution in [0, 0.1) is 0 Å². The molecule has 0 aromatic rings. The molecule has 0 atom stereocenters. The second-order valence-electron chi connectivity index (χ2n) is 2.70. The first-order valence-electron chi connectivity index (χ1n) is 5.96. The highest BCUT2D eigenvalue weighted by molar-refractivity contribution is 5.65. The van der Waals surface area contributed by atoms with Crippen LogP contribution in [0.4, 0.5) is 0 Å². The van der Waals surface area contributed by atoms with E-state index in [0.717, 1.165) is 0 Å². The first-order chi connectivity index (χ1) is 8.93. The fraction of sp³-hybridized carbons (Fsp3) is 0.438. The summed E-state index contributed by atoms with van der Waals surface area (Å²) >= 11 is 0. The Bertz CT molecular complexity index is 160. The van der Waals surface area contributed by atoms with Crippen molar-refractivity contribution in [2.24, 2.45) is 0 Å². The molecule has 0 fully saturated rings. The van der Waals surface area contributed by atoms with Gasteiger partial charge in [-0.05, 0) is 27.7 Å². The van der Waals surface area contributed by atoms with E-state index in [1.807, 2.05) is 27.7 Å².